The predicted octanol–water partition coefficient (Wildman–Crippen LogP) is 3.47. The number of carbonyl (C=O) groups excluding carboxylic acids is 2. The number of carbonyl (C=O) groups is 2. The number of likely N-dealkylation sites (tertiary alicyclic amines) is 1. The fourth-order valence-corrected chi connectivity index (χ4v) is 4.29. The molecule has 9 heteroatoms. The summed E-state index contributed by atoms with van der Waals surface area (Å²) in [4.78, 5) is 27.7. The van der Waals surface area contributed by atoms with Gasteiger partial charge in [-0.25, -0.2) is 0 Å². The summed E-state index contributed by atoms with van der Waals surface area (Å²) in [6, 6.07) is 14.1. The number of amides is 2. The van der Waals surface area contributed by atoms with Crippen molar-refractivity contribution in [3.8, 4) is 22.1 Å². The average molecular weight is 439 g/mol. The fourth-order valence-electron chi connectivity index (χ4n) is 3.54. The summed E-state index contributed by atoms with van der Waals surface area (Å²) in [5.74, 6) is 0.531. The van der Waals surface area contributed by atoms with Crippen LogP contribution in [0.2, 0.25) is 0 Å². The average Bonchev–Trinajstić information content (AvgIpc) is 3.48. The number of aromatic nitrogens is 2. The third-order valence-electron chi connectivity index (χ3n) is 5.09. The van der Waals surface area contributed by atoms with Crippen LogP contribution >= 0.6 is 11.3 Å². The first kappa shape index (κ1) is 20.8. The van der Waals surface area contributed by atoms with Gasteiger partial charge >= 0.3 is 0 Å². The third-order valence-corrected chi connectivity index (χ3v) is 5.98. The molecule has 4 rings (SSSR count). The molecule has 31 heavy (non-hydrogen) atoms. The minimum atomic E-state index is -0.575. The lowest BCUT2D eigenvalue weighted by atomic mass is 10.1. The van der Waals surface area contributed by atoms with Crippen LogP contribution in [0.25, 0.3) is 10.6 Å². The van der Waals surface area contributed by atoms with Crippen molar-refractivity contribution in [1.82, 2.24) is 15.1 Å². The Balaban J connectivity index is 1.49. The minimum Gasteiger partial charge on any atom is -0.497 e. The van der Waals surface area contributed by atoms with Gasteiger partial charge in [-0.1, -0.05) is 41.7 Å². The molecule has 2 amide bonds. The Kier molecular flexibility index (Phi) is 6.13. The minimum absolute atomic E-state index is 0.239. The highest BCUT2D eigenvalue weighted by Gasteiger charge is 2.35. The molecule has 0 unspecified atom stereocenters. The number of methoxy groups -OCH3 is 2. The van der Waals surface area contributed by atoms with E-state index in [2.05, 4.69) is 15.5 Å². The lowest BCUT2D eigenvalue weighted by Crippen LogP contribution is -2.43. The molecule has 0 saturated carbocycles. The normalized spacial score (nSPS) is 15.5. The van der Waals surface area contributed by atoms with E-state index in [4.69, 9.17) is 9.47 Å². The molecule has 1 fully saturated rings. The maximum Gasteiger partial charge on any atom is 0.254 e. The van der Waals surface area contributed by atoms with Crippen LogP contribution < -0.4 is 14.8 Å². The molecule has 0 aliphatic carbocycles. The lowest BCUT2D eigenvalue weighted by molar-refractivity contribution is -0.119. The largest absolute Gasteiger partial charge is 0.497 e. The second-order valence-corrected chi connectivity index (χ2v) is 8.00. The van der Waals surface area contributed by atoms with Crippen molar-refractivity contribution >= 4 is 28.3 Å². The number of nitrogens with zero attached hydrogens (tertiary/aromatic N) is 3. The summed E-state index contributed by atoms with van der Waals surface area (Å²) in [6.45, 7) is 0.502. The van der Waals surface area contributed by atoms with Crippen molar-refractivity contribution in [1.29, 1.82) is 0 Å². The van der Waals surface area contributed by atoms with Gasteiger partial charge in [0, 0.05) is 23.7 Å². The van der Waals surface area contributed by atoms with Crippen LogP contribution in [0.15, 0.2) is 48.5 Å². The van der Waals surface area contributed by atoms with Crippen LogP contribution in [0.5, 0.6) is 11.5 Å². The summed E-state index contributed by atoms with van der Waals surface area (Å²) in [7, 11) is 3.06. The van der Waals surface area contributed by atoms with Crippen molar-refractivity contribution in [3.05, 3.63) is 54.1 Å². The van der Waals surface area contributed by atoms with Gasteiger partial charge in [-0.2, -0.15) is 0 Å². The van der Waals surface area contributed by atoms with Crippen LogP contribution in [0.3, 0.4) is 0 Å². The molecule has 0 spiro atoms. The molecular formula is C22H22N4O4S. The van der Waals surface area contributed by atoms with Crippen LogP contribution in [0.1, 0.15) is 23.2 Å². The molecule has 1 saturated heterocycles. The van der Waals surface area contributed by atoms with Gasteiger partial charge in [-0.15, -0.1) is 10.2 Å². The topological polar surface area (TPSA) is 93.7 Å². The lowest BCUT2D eigenvalue weighted by Gasteiger charge is -2.24. The van der Waals surface area contributed by atoms with Crippen LogP contribution in [0.4, 0.5) is 5.13 Å². The van der Waals surface area contributed by atoms with E-state index in [9.17, 15) is 9.59 Å². The summed E-state index contributed by atoms with van der Waals surface area (Å²) in [5, 5.41) is 12.2. The van der Waals surface area contributed by atoms with Crippen molar-refractivity contribution in [2.24, 2.45) is 0 Å². The molecule has 1 aliphatic rings. The quantitative estimate of drug-likeness (QED) is 0.633. The molecule has 160 valence electrons. The van der Waals surface area contributed by atoms with Gasteiger partial charge < -0.3 is 14.4 Å². The van der Waals surface area contributed by atoms with Gasteiger partial charge in [0.2, 0.25) is 11.0 Å². The number of nitrogens with one attached hydrogen (secondary N) is 1. The number of hydrogen-bond donors (Lipinski definition) is 1. The van der Waals surface area contributed by atoms with E-state index >= 15 is 0 Å². The molecule has 0 radical (unpaired) electrons. The van der Waals surface area contributed by atoms with Gasteiger partial charge in [-0.05, 0) is 25.0 Å². The van der Waals surface area contributed by atoms with E-state index < -0.39 is 6.04 Å². The number of anilines is 1. The Bertz CT molecular complexity index is 1060. The van der Waals surface area contributed by atoms with E-state index in [1.807, 2.05) is 30.3 Å². The van der Waals surface area contributed by atoms with Gasteiger partial charge in [0.15, 0.2) is 0 Å². The second kappa shape index (κ2) is 9.13. The molecule has 1 aliphatic heterocycles. The third kappa shape index (κ3) is 4.51. The highest BCUT2D eigenvalue weighted by atomic mass is 32.1. The Morgan fingerprint density at radius 2 is 1.77 bits per heavy atom. The van der Waals surface area contributed by atoms with Crippen LogP contribution in [-0.4, -0.2) is 53.7 Å². The summed E-state index contributed by atoms with van der Waals surface area (Å²) in [6.07, 6.45) is 1.33. The first-order valence-corrected chi connectivity index (χ1v) is 10.6. The molecular weight excluding hydrogens is 416 g/mol. The maximum absolute atomic E-state index is 13.1. The monoisotopic (exact) mass is 438 g/mol. The van der Waals surface area contributed by atoms with Crippen LogP contribution in [0, 0.1) is 0 Å². The Morgan fingerprint density at radius 3 is 2.45 bits per heavy atom. The van der Waals surface area contributed by atoms with Gasteiger partial charge in [0.05, 0.1) is 14.2 Å². The van der Waals surface area contributed by atoms with E-state index in [1.165, 1.54) is 25.6 Å². The number of hydrogen-bond acceptors (Lipinski definition) is 7. The number of rotatable bonds is 6. The zero-order valence-electron chi connectivity index (χ0n) is 17.2. The number of benzene rings is 2. The molecule has 1 N–H and O–H groups in total. The van der Waals surface area contributed by atoms with E-state index in [-0.39, 0.29) is 11.8 Å². The fraction of sp³-hybridized carbons (Fsp3) is 0.273. The van der Waals surface area contributed by atoms with E-state index in [1.54, 1.807) is 23.1 Å². The van der Waals surface area contributed by atoms with Crippen molar-refractivity contribution in [3.63, 3.8) is 0 Å². The second-order valence-electron chi connectivity index (χ2n) is 7.03. The molecule has 1 aromatic heterocycles. The van der Waals surface area contributed by atoms with Gasteiger partial charge in [-0.3, -0.25) is 14.9 Å². The predicted molar refractivity (Wildman–Crippen MR) is 118 cm³/mol. The Hall–Kier alpha value is -3.46. The van der Waals surface area contributed by atoms with Gasteiger partial charge in [0.25, 0.3) is 5.91 Å². The standard InChI is InChI=1S/C22H22N4O4S/c1-29-16-11-15(12-17(13-16)30-2)21(28)26-10-6-9-18(26)19(27)23-22-25-24-20(31-22)14-7-4-3-5-8-14/h3-5,7-8,11-13,18H,6,9-10H2,1-2H3,(H,23,25,27)/t18-/m0/s1. The SMILES string of the molecule is COc1cc(OC)cc(C(=O)N2CCC[C@H]2C(=O)Nc2nnc(-c3ccccc3)s2)c1. The first-order valence-electron chi connectivity index (χ1n) is 9.83. The Morgan fingerprint density at radius 1 is 1.06 bits per heavy atom. The summed E-state index contributed by atoms with van der Waals surface area (Å²) in [5.41, 5.74) is 1.35. The zero-order chi connectivity index (χ0) is 21.8. The van der Waals surface area contributed by atoms with Crippen molar-refractivity contribution in [2.45, 2.75) is 18.9 Å². The molecule has 1 atom stereocenters. The Labute approximate surface area is 183 Å². The molecule has 2 heterocycles. The molecule has 0 bridgehead atoms. The van der Waals surface area contributed by atoms with Crippen molar-refractivity contribution < 1.29 is 19.1 Å². The van der Waals surface area contributed by atoms with E-state index in [0.717, 1.165) is 17.0 Å². The maximum atomic E-state index is 13.1. The highest BCUT2D eigenvalue weighted by Crippen LogP contribution is 2.29. The molecule has 2 aromatic carbocycles. The van der Waals surface area contributed by atoms with E-state index in [0.29, 0.717) is 35.2 Å². The molecule has 8 nitrogen and oxygen atoms in total. The number of ether oxygens (including phenoxy) is 2. The van der Waals surface area contributed by atoms with Crippen LogP contribution in [-0.2, 0) is 4.79 Å². The smallest absolute Gasteiger partial charge is 0.254 e. The molecule has 3 aromatic rings. The summed E-state index contributed by atoms with van der Waals surface area (Å²) < 4.78 is 10.5. The van der Waals surface area contributed by atoms with Gasteiger partial charge in [0.1, 0.15) is 22.5 Å². The zero-order valence-corrected chi connectivity index (χ0v) is 18.0. The summed E-state index contributed by atoms with van der Waals surface area (Å²) >= 11 is 1.30. The van der Waals surface area contributed by atoms with Crippen molar-refractivity contribution in [2.75, 3.05) is 26.1 Å². The first-order chi connectivity index (χ1) is 15.1. The highest BCUT2D eigenvalue weighted by molar-refractivity contribution is 7.18.